The predicted molar refractivity (Wildman–Crippen MR) is 77.6 cm³/mol. The number of hydrogen-bond acceptors (Lipinski definition) is 3. The average Bonchev–Trinajstić information content (AvgIpc) is 2.92. The lowest BCUT2D eigenvalue weighted by molar-refractivity contribution is -0.137. The van der Waals surface area contributed by atoms with E-state index in [2.05, 4.69) is 17.0 Å². The molecule has 1 aromatic rings. The normalized spacial score (nSPS) is 18.6. The van der Waals surface area contributed by atoms with Crippen LogP contribution in [0.1, 0.15) is 31.2 Å². The quantitative estimate of drug-likeness (QED) is 0.793. The van der Waals surface area contributed by atoms with Gasteiger partial charge in [0, 0.05) is 26.1 Å². The maximum atomic E-state index is 10.6. The summed E-state index contributed by atoms with van der Waals surface area (Å²) in [5.74, 6) is -0.721. The average molecular weight is 277 g/mol. The first-order valence-electron chi connectivity index (χ1n) is 7.34. The maximum absolute atomic E-state index is 10.6. The molecule has 1 heterocycles. The number of benzene rings is 1. The lowest BCUT2D eigenvalue weighted by Crippen LogP contribution is -2.32. The molecule has 0 spiro atoms. The number of nitrogens with zero attached hydrogens (tertiary/aromatic N) is 1. The Morgan fingerprint density at radius 3 is 2.80 bits per heavy atom. The number of carboxylic acid groups (broad SMARTS) is 1. The zero-order valence-electron chi connectivity index (χ0n) is 11.8. The Balaban J connectivity index is 1.86. The fourth-order valence-corrected chi connectivity index (χ4v) is 2.61. The van der Waals surface area contributed by atoms with Crippen LogP contribution in [0.2, 0.25) is 0 Å². The fraction of sp³-hybridized carbons (Fsp3) is 0.562. The van der Waals surface area contributed by atoms with Crippen molar-refractivity contribution in [1.29, 1.82) is 0 Å². The Bertz CT molecular complexity index is 401. The van der Waals surface area contributed by atoms with Gasteiger partial charge < -0.3 is 9.84 Å². The van der Waals surface area contributed by atoms with Gasteiger partial charge in [-0.25, -0.2) is 0 Å². The molecule has 110 valence electrons. The first-order valence-corrected chi connectivity index (χ1v) is 7.34. The van der Waals surface area contributed by atoms with Crippen LogP contribution in [-0.4, -0.2) is 41.8 Å². The summed E-state index contributed by atoms with van der Waals surface area (Å²) in [5, 5.41) is 8.76. The number of carboxylic acids is 1. The third-order valence-electron chi connectivity index (χ3n) is 3.60. The van der Waals surface area contributed by atoms with Gasteiger partial charge in [0.05, 0.1) is 6.10 Å². The molecule has 0 amide bonds. The second kappa shape index (κ2) is 8.02. The van der Waals surface area contributed by atoms with E-state index in [4.69, 9.17) is 9.84 Å². The molecule has 2 rings (SSSR count). The van der Waals surface area contributed by atoms with Crippen molar-refractivity contribution in [3.05, 3.63) is 35.9 Å². The molecular formula is C16H23NO3. The first kappa shape index (κ1) is 15.0. The van der Waals surface area contributed by atoms with Crippen molar-refractivity contribution in [3.8, 4) is 0 Å². The minimum atomic E-state index is -0.721. The van der Waals surface area contributed by atoms with E-state index in [1.807, 2.05) is 18.2 Å². The highest BCUT2D eigenvalue weighted by atomic mass is 16.5. The summed E-state index contributed by atoms with van der Waals surface area (Å²) in [4.78, 5) is 13.0. The number of aliphatic carboxylic acids is 1. The van der Waals surface area contributed by atoms with Gasteiger partial charge in [0.1, 0.15) is 0 Å². The molecular weight excluding hydrogens is 254 g/mol. The van der Waals surface area contributed by atoms with Gasteiger partial charge in [-0.2, -0.15) is 0 Å². The van der Waals surface area contributed by atoms with Crippen molar-refractivity contribution in [2.24, 2.45) is 0 Å². The van der Waals surface area contributed by atoms with Crippen molar-refractivity contribution in [2.45, 2.75) is 38.3 Å². The predicted octanol–water partition coefficient (Wildman–Crippen LogP) is 2.53. The summed E-state index contributed by atoms with van der Waals surface area (Å²) in [6.45, 7) is 3.43. The molecule has 1 atom stereocenters. The van der Waals surface area contributed by atoms with Gasteiger partial charge in [-0.3, -0.25) is 9.69 Å². The molecule has 0 aromatic heterocycles. The monoisotopic (exact) mass is 277 g/mol. The van der Waals surface area contributed by atoms with E-state index in [1.165, 1.54) is 5.56 Å². The highest BCUT2D eigenvalue weighted by Crippen LogP contribution is 2.15. The molecule has 0 bridgehead atoms. The Morgan fingerprint density at radius 2 is 2.15 bits per heavy atom. The van der Waals surface area contributed by atoms with Crippen molar-refractivity contribution >= 4 is 5.97 Å². The number of hydrogen-bond donors (Lipinski definition) is 1. The third kappa shape index (κ3) is 5.31. The van der Waals surface area contributed by atoms with Crippen molar-refractivity contribution in [3.63, 3.8) is 0 Å². The zero-order valence-corrected chi connectivity index (χ0v) is 11.8. The minimum absolute atomic E-state index is 0.233. The van der Waals surface area contributed by atoms with Crippen molar-refractivity contribution in [1.82, 2.24) is 4.90 Å². The Hall–Kier alpha value is -1.39. The van der Waals surface area contributed by atoms with Gasteiger partial charge in [-0.15, -0.1) is 0 Å². The summed E-state index contributed by atoms with van der Waals surface area (Å²) < 4.78 is 5.69. The SMILES string of the molecule is O=C(O)CCCN(Cc1ccccc1)CC1CCCO1. The molecule has 0 aliphatic carbocycles. The lowest BCUT2D eigenvalue weighted by Gasteiger charge is -2.25. The van der Waals surface area contributed by atoms with Crippen LogP contribution >= 0.6 is 0 Å². The molecule has 0 radical (unpaired) electrons. The zero-order chi connectivity index (χ0) is 14.2. The molecule has 1 saturated heterocycles. The van der Waals surface area contributed by atoms with E-state index in [-0.39, 0.29) is 6.42 Å². The lowest BCUT2D eigenvalue weighted by atomic mass is 10.1. The van der Waals surface area contributed by atoms with Crippen molar-refractivity contribution in [2.75, 3.05) is 19.7 Å². The van der Waals surface area contributed by atoms with Gasteiger partial charge in [-0.05, 0) is 31.4 Å². The van der Waals surface area contributed by atoms with Crippen LogP contribution in [0.15, 0.2) is 30.3 Å². The number of rotatable bonds is 8. The molecule has 1 aliphatic rings. The second-order valence-corrected chi connectivity index (χ2v) is 5.35. The van der Waals surface area contributed by atoms with Crippen LogP contribution < -0.4 is 0 Å². The van der Waals surface area contributed by atoms with Crippen molar-refractivity contribution < 1.29 is 14.6 Å². The van der Waals surface area contributed by atoms with Crippen LogP contribution in [-0.2, 0) is 16.1 Å². The Morgan fingerprint density at radius 1 is 1.35 bits per heavy atom. The van der Waals surface area contributed by atoms with E-state index >= 15 is 0 Å². The smallest absolute Gasteiger partial charge is 0.303 e. The number of carbonyl (C=O) groups is 1. The molecule has 1 N–H and O–H groups in total. The van der Waals surface area contributed by atoms with E-state index in [0.717, 1.165) is 39.1 Å². The molecule has 4 nitrogen and oxygen atoms in total. The maximum Gasteiger partial charge on any atom is 0.303 e. The van der Waals surface area contributed by atoms with Gasteiger partial charge >= 0.3 is 5.97 Å². The van der Waals surface area contributed by atoms with Gasteiger partial charge in [-0.1, -0.05) is 30.3 Å². The molecule has 1 fully saturated rings. The van der Waals surface area contributed by atoms with Crippen LogP contribution in [0, 0.1) is 0 Å². The summed E-state index contributed by atoms with van der Waals surface area (Å²) in [5.41, 5.74) is 1.26. The topological polar surface area (TPSA) is 49.8 Å². The Kier molecular flexibility index (Phi) is 6.02. The summed E-state index contributed by atoms with van der Waals surface area (Å²) in [7, 11) is 0. The number of ether oxygens (including phenoxy) is 1. The summed E-state index contributed by atoms with van der Waals surface area (Å²) in [6, 6.07) is 10.3. The molecule has 1 aliphatic heterocycles. The first-order chi connectivity index (χ1) is 9.74. The van der Waals surface area contributed by atoms with Crippen LogP contribution in [0.4, 0.5) is 0 Å². The molecule has 1 unspecified atom stereocenters. The highest BCUT2D eigenvalue weighted by molar-refractivity contribution is 5.66. The van der Waals surface area contributed by atoms with Crippen LogP contribution in [0.5, 0.6) is 0 Å². The molecule has 20 heavy (non-hydrogen) atoms. The van der Waals surface area contributed by atoms with Gasteiger partial charge in [0.2, 0.25) is 0 Å². The van der Waals surface area contributed by atoms with E-state index in [9.17, 15) is 4.79 Å². The standard InChI is InChI=1S/C16H23NO3/c18-16(19)9-4-10-17(13-15-8-5-11-20-15)12-14-6-2-1-3-7-14/h1-3,6-7,15H,4-5,8-13H2,(H,18,19). The van der Waals surface area contributed by atoms with Crippen LogP contribution in [0.3, 0.4) is 0 Å². The summed E-state index contributed by atoms with van der Waals surface area (Å²) >= 11 is 0. The molecule has 1 aromatic carbocycles. The Labute approximate surface area is 120 Å². The van der Waals surface area contributed by atoms with Crippen LogP contribution in [0.25, 0.3) is 0 Å². The highest BCUT2D eigenvalue weighted by Gasteiger charge is 2.19. The van der Waals surface area contributed by atoms with E-state index in [1.54, 1.807) is 0 Å². The van der Waals surface area contributed by atoms with Gasteiger partial charge in [0.15, 0.2) is 0 Å². The summed E-state index contributed by atoms with van der Waals surface area (Å²) in [6.07, 6.45) is 3.48. The third-order valence-corrected chi connectivity index (χ3v) is 3.60. The molecule has 4 heteroatoms. The largest absolute Gasteiger partial charge is 0.481 e. The van der Waals surface area contributed by atoms with E-state index in [0.29, 0.717) is 12.5 Å². The fourth-order valence-electron chi connectivity index (χ4n) is 2.61. The van der Waals surface area contributed by atoms with Gasteiger partial charge in [0.25, 0.3) is 0 Å². The second-order valence-electron chi connectivity index (χ2n) is 5.35. The molecule has 0 saturated carbocycles. The minimum Gasteiger partial charge on any atom is -0.481 e. The van der Waals surface area contributed by atoms with E-state index < -0.39 is 5.97 Å².